The maximum Gasteiger partial charge on any atom is 0.0389 e. The summed E-state index contributed by atoms with van der Waals surface area (Å²) in [4.78, 5) is 3.66. The number of hydrogen-bond donors (Lipinski definition) is 1. The first kappa shape index (κ1) is 11.7. The zero-order valence-electron chi connectivity index (χ0n) is 9.50. The second kappa shape index (κ2) is 5.49. The average molecular weight is 212 g/mol. The Morgan fingerprint density at radius 3 is 2.71 bits per heavy atom. The molecule has 2 nitrogen and oxygen atoms in total. The van der Waals surface area contributed by atoms with Crippen molar-refractivity contribution in [2.45, 2.75) is 19.9 Å². The standard InChI is InChI=1S/C11H20N2S/c1-9-5-8-14-11(9)10(2)12-6-7-13(3)4/h5,8,10,12H,6-7H2,1-4H3. The molecule has 0 aliphatic rings. The molecule has 0 radical (unpaired) electrons. The molecule has 1 aromatic rings. The molecule has 3 heteroatoms. The zero-order valence-corrected chi connectivity index (χ0v) is 10.3. The summed E-state index contributed by atoms with van der Waals surface area (Å²) in [7, 11) is 4.20. The lowest BCUT2D eigenvalue weighted by atomic mass is 10.2. The fraction of sp³-hybridized carbons (Fsp3) is 0.636. The van der Waals surface area contributed by atoms with Crippen molar-refractivity contribution < 1.29 is 0 Å². The Morgan fingerprint density at radius 2 is 2.21 bits per heavy atom. The van der Waals surface area contributed by atoms with E-state index in [1.54, 1.807) is 0 Å². The molecular weight excluding hydrogens is 192 g/mol. The second-order valence-corrected chi connectivity index (χ2v) is 4.89. The summed E-state index contributed by atoms with van der Waals surface area (Å²) in [6.07, 6.45) is 0. The molecule has 0 aromatic carbocycles. The molecule has 0 saturated carbocycles. The summed E-state index contributed by atoms with van der Waals surface area (Å²) in [6, 6.07) is 2.67. The van der Waals surface area contributed by atoms with E-state index < -0.39 is 0 Å². The van der Waals surface area contributed by atoms with Gasteiger partial charge in [-0.05, 0) is 45.0 Å². The van der Waals surface area contributed by atoms with Crippen LogP contribution in [-0.4, -0.2) is 32.1 Å². The minimum atomic E-state index is 0.481. The minimum Gasteiger partial charge on any atom is -0.308 e. The van der Waals surface area contributed by atoms with Gasteiger partial charge < -0.3 is 10.2 Å². The molecule has 1 atom stereocenters. The first-order valence-corrected chi connectivity index (χ1v) is 5.91. The van der Waals surface area contributed by atoms with E-state index in [0.717, 1.165) is 13.1 Å². The summed E-state index contributed by atoms with van der Waals surface area (Å²) in [6.45, 7) is 6.55. The van der Waals surface area contributed by atoms with Crippen LogP contribution in [0.5, 0.6) is 0 Å². The van der Waals surface area contributed by atoms with E-state index in [0.29, 0.717) is 6.04 Å². The number of rotatable bonds is 5. The molecular formula is C11H20N2S. The highest BCUT2D eigenvalue weighted by Gasteiger charge is 2.08. The SMILES string of the molecule is Cc1ccsc1C(C)NCCN(C)C. The Hall–Kier alpha value is -0.380. The predicted octanol–water partition coefficient (Wildman–Crippen LogP) is 2.27. The normalized spacial score (nSPS) is 13.5. The summed E-state index contributed by atoms with van der Waals surface area (Å²) >= 11 is 1.84. The maximum absolute atomic E-state index is 3.53. The quantitative estimate of drug-likeness (QED) is 0.805. The van der Waals surface area contributed by atoms with Crippen molar-refractivity contribution in [3.8, 4) is 0 Å². The molecule has 0 aliphatic heterocycles. The number of likely N-dealkylation sites (N-methyl/N-ethyl adjacent to an activating group) is 1. The summed E-state index contributed by atoms with van der Waals surface area (Å²) < 4.78 is 0. The first-order valence-electron chi connectivity index (χ1n) is 5.03. The first-order chi connectivity index (χ1) is 6.61. The Labute approximate surface area is 90.9 Å². The third-order valence-electron chi connectivity index (χ3n) is 2.30. The van der Waals surface area contributed by atoms with Crippen molar-refractivity contribution >= 4 is 11.3 Å². The van der Waals surface area contributed by atoms with Crippen molar-refractivity contribution in [1.29, 1.82) is 0 Å². The molecule has 80 valence electrons. The largest absolute Gasteiger partial charge is 0.308 e. The van der Waals surface area contributed by atoms with Crippen LogP contribution in [0, 0.1) is 6.92 Å². The number of hydrogen-bond acceptors (Lipinski definition) is 3. The Kier molecular flexibility index (Phi) is 4.58. The van der Waals surface area contributed by atoms with Crippen LogP contribution in [0.1, 0.15) is 23.4 Å². The predicted molar refractivity (Wildman–Crippen MR) is 64.0 cm³/mol. The number of nitrogens with zero attached hydrogens (tertiary/aromatic N) is 1. The van der Waals surface area contributed by atoms with Gasteiger partial charge in [0, 0.05) is 24.0 Å². The van der Waals surface area contributed by atoms with Crippen LogP contribution in [0.4, 0.5) is 0 Å². The molecule has 1 N–H and O–H groups in total. The van der Waals surface area contributed by atoms with Crippen molar-refractivity contribution in [2.24, 2.45) is 0 Å². The second-order valence-electron chi connectivity index (χ2n) is 3.95. The molecule has 1 rings (SSSR count). The monoisotopic (exact) mass is 212 g/mol. The van der Waals surface area contributed by atoms with E-state index in [1.807, 2.05) is 11.3 Å². The molecule has 0 saturated heterocycles. The van der Waals surface area contributed by atoms with E-state index in [2.05, 4.69) is 49.6 Å². The zero-order chi connectivity index (χ0) is 10.6. The fourth-order valence-corrected chi connectivity index (χ4v) is 2.39. The van der Waals surface area contributed by atoms with E-state index in [4.69, 9.17) is 0 Å². The minimum absolute atomic E-state index is 0.481. The Morgan fingerprint density at radius 1 is 1.50 bits per heavy atom. The Balaban J connectivity index is 2.36. The van der Waals surface area contributed by atoms with E-state index in [-0.39, 0.29) is 0 Å². The maximum atomic E-state index is 3.53. The summed E-state index contributed by atoms with van der Waals surface area (Å²) in [5.41, 5.74) is 1.40. The molecule has 0 amide bonds. The van der Waals surface area contributed by atoms with Crippen molar-refractivity contribution in [3.05, 3.63) is 21.9 Å². The van der Waals surface area contributed by atoms with Crippen LogP contribution in [0.3, 0.4) is 0 Å². The van der Waals surface area contributed by atoms with Gasteiger partial charge in [0.1, 0.15) is 0 Å². The summed E-state index contributed by atoms with van der Waals surface area (Å²) in [5.74, 6) is 0. The average Bonchev–Trinajstić information content (AvgIpc) is 2.50. The number of thiophene rings is 1. The van der Waals surface area contributed by atoms with Gasteiger partial charge in [0.25, 0.3) is 0 Å². The highest BCUT2D eigenvalue weighted by molar-refractivity contribution is 7.10. The van der Waals surface area contributed by atoms with Gasteiger partial charge >= 0.3 is 0 Å². The molecule has 14 heavy (non-hydrogen) atoms. The van der Waals surface area contributed by atoms with E-state index in [9.17, 15) is 0 Å². The van der Waals surface area contributed by atoms with Crippen LogP contribution < -0.4 is 5.32 Å². The van der Waals surface area contributed by atoms with Gasteiger partial charge in [-0.2, -0.15) is 0 Å². The lowest BCUT2D eigenvalue weighted by molar-refractivity contribution is 0.390. The lowest BCUT2D eigenvalue weighted by Crippen LogP contribution is -2.28. The van der Waals surface area contributed by atoms with Crippen LogP contribution in [0.25, 0.3) is 0 Å². The molecule has 0 fully saturated rings. The highest BCUT2D eigenvalue weighted by Crippen LogP contribution is 2.22. The number of aryl methyl sites for hydroxylation is 1. The van der Waals surface area contributed by atoms with Crippen LogP contribution >= 0.6 is 11.3 Å². The fourth-order valence-electron chi connectivity index (χ4n) is 1.43. The van der Waals surface area contributed by atoms with Gasteiger partial charge in [-0.25, -0.2) is 0 Å². The van der Waals surface area contributed by atoms with Crippen LogP contribution in [0.15, 0.2) is 11.4 Å². The molecule has 0 aliphatic carbocycles. The van der Waals surface area contributed by atoms with E-state index >= 15 is 0 Å². The number of nitrogens with one attached hydrogen (secondary N) is 1. The van der Waals surface area contributed by atoms with Gasteiger partial charge in [0.05, 0.1) is 0 Å². The third-order valence-corrected chi connectivity index (χ3v) is 3.51. The highest BCUT2D eigenvalue weighted by atomic mass is 32.1. The van der Waals surface area contributed by atoms with Crippen molar-refractivity contribution in [3.63, 3.8) is 0 Å². The van der Waals surface area contributed by atoms with Gasteiger partial charge in [-0.1, -0.05) is 0 Å². The summed E-state index contributed by atoms with van der Waals surface area (Å²) in [5, 5.41) is 5.69. The van der Waals surface area contributed by atoms with Gasteiger partial charge in [0.15, 0.2) is 0 Å². The molecule has 0 bridgehead atoms. The smallest absolute Gasteiger partial charge is 0.0389 e. The third kappa shape index (κ3) is 3.40. The molecule has 0 spiro atoms. The molecule has 1 heterocycles. The van der Waals surface area contributed by atoms with Crippen molar-refractivity contribution in [1.82, 2.24) is 10.2 Å². The topological polar surface area (TPSA) is 15.3 Å². The molecule has 1 aromatic heterocycles. The van der Waals surface area contributed by atoms with Gasteiger partial charge in [-0.15, -0.1) is 11.3 Å². The Bertz CT molecular complexity index is 268. The van der Waals surface area contributed by atoms with E-state index in [1.165, 1.54) is 10.4 Å². The molecule has 1 unspecified atom stereocenters. The van der Waals surface area contributed by atoms with Crippen LogP contribution in [-0.2, 0) is 0 Å². The van der Waals surface area contributed by atoms with Gasteiger partial charge in [0.2, 0.25) is 0 Å². The van der Waals surface area contributed by atoms with Gasteiger partial charge in [-0.3, -0.25) is 0 Å². The van der Waals surface area contributed by atoms with Crippen LogP contribution in [0.2, 0.25) is 0 Å². The van der Waals surface area contributed by atoms with Crippen molar-refractivity contribution in [2.75, 3.05) is 27.2 Å². The lowest BCUT2D eigenvalue weighted by Gasteiger charge is -2.15.